The number of anilines is 1. The normalized spacial score (nSPS) is 12.0. The SMILES string of the molecule is CCNC(=O)C(Cc1ccccc1)N(Cc1c(Cl)cccc1Cl)C(=O)CCCN(c1cccc(Cl)c1)S(C)(=O)=O. The van der Waals surface area contributed by atoms with E-state index < -0.39 is 16.1 Å². The van der Waals surface area contributed by atoms with Crippen LogP contribution in [0.2, 0.25) is 15.1 Å². The first-order chi connectivity index (χ1) is 19.0. The average Bonchev–Trinajstić information content (AvgIpc) is 2.90. The Morgan fingerprint density at radius 3 is 2.17 bits per heavy atom. The van der Waals surface area contributed by atoms with Crippen molar-refractivity contribution in [1.29, 1.82) is 0 Å². The molecule has 0 aliphatic heterocycles. The predicted molar refractivity (Wildman–Crippen MR) is 163 cm³/mol. The summed E-state index contributed by atoms with van der Waals surface area (Å²) in [7, 11) is -3.64. The number of halogens is 3. The van der Waals surface area contributed by atoms with Gasteiger partial charge in [0.25, 0.3) is 0 Å². The molecule has 1 unspecified atom stereocenters. The van der Waals surface area contributed by atoms with Crippen LogP contribution < -0.4 is 9.62 Å². The van der Waals surface area contributed by atoms with Crippen LogP contribution in [0.3, 0.4) is 0 Å². The van der Waals surface area contributed by atoms with Gasteiger partial charge in [0.05, 0.1) is 11.9 Å². The molecule has 214 valence electrons. The highest BCUT2D eigenvalue weighted by Crippen LogP contribution is 2.28. The predicted octanol–water partition coefficient (Wildman–Crippen LogP) is 5.97. The Morgan fingerprint density at radius 1 is 0.925 bits per heavy atom. The number of carbonyl (C=O) groups excluding carboxylic acids is 2. The van der Waals surface area contributed by atoms with Crippen LogP contribution in [0.15, 0.2) is 72.8 Å². The number of sulfonamides is 1. The average molecular weight is 625 g/mol. The Balaban J connectivity index is 1.91. The molecule has 0 aliphatic rings. The molecule has 0 bridgehead atoms. The molecule has 0 heterocycles. The molecule has 3 aromatic carbocycles. The maximum Gasteiger partial charge on any atom is 0.243 e. The highest BCUT2D eigenvalue weighted by Gasteiger charge is 2.31. The molecule has 0 spiro atoms. The molecule has 0 saturated heterocycles. The summed E-state index contributed by atoms with van der Waals surface area (Å²) < 4.78 is 26.3. The van der Waals surface area contributed by atoms with Crippen molar-refractivity contribution in [2.45, 2.75) is 38.8 Å². The lowest BCUT2D eigenvalue weighted by molar-refractivity contribution is -0.141. The lowest BCUT2D eigenvalue weighted by Gasteiger charge is -2.32. The van der Waals surface area contributed by atoms with E-state index in [-0.39, 0.29) is 44.2 Å². The standard InChI is InChI=1S/C29H32Cl3N3O4S/c1-3-33-29(37)27(18-21-10-5-4-6-11-21)34(20-24-25(31)14-8-15-26(24)32)28(36)16-9-17-35(40(2,38)39)23-13-7-12-22(30)19-23/h4-8,10-15,19,27H,3,9,16-18,20H2,1-2H3,(H,33,37). The van der Waals surface area contributed by atoms with E-state index in [1.165, 1.54) is 9.21 Å². The summed E-state index contributed by atoms with van der Waals surface area (Å²) in [4.78, 5) is 28.6. The Morgan fingerprint density at radius 2 is 1.57 bits per heavy atom. The van der Waals surface area contributed by atoms with Crippen molar-refractivity contribution in [3.63, 3.8) is 0 Å². The Hall–Kier alpha value is -2.78. The lowest BCUT2D eigenvalue weighted by Crippen LogP contribution is -2.50. The Labute approximate surface area is 251 Å². The quantitative estimate of drug-likeness (QED) is 0.254. The van der Waals surface area contributed by atoms with E-state index in [2.05, 4.69) is 5.32 Å². The first kappa shape index (κ1) is 31.7. The second kappa shape index (κ2) is 14.7. The van der Waals surface area contributed by atoms with Crippen molar-refractivity contribution in [3.05, 3.63) is 99.0 Å². The summed E-state index contributed by atoms with van der Waals surface area (Å²) in [5.41, 5.74) is 1.82. The third kappa shape index (κ3) is 8.86. The molecule has 3 rings (SSSR count). The minimum absolute atomic E-state index is 0.00998. The number of benzene rings is 3. The van der Waals surface area contributed by atoms with Gasteiger partial charge in [-0.3, -0.25) is 13.9 Å². The van der Waals surface area contributed by atoms with Crippen molar-refractivity contribution in [3.8, 4) is 0 Å². The van der Waals surface area contributed by atoms with Gasteiger partial charge in [0.1, 0.15) is 6.04 Å². The molecular formula is C29H32Cl3N3O4S. The minimum Gasteiger partial charge on any atom is -0.355 e. The molecule has 0 saturated carbocycles. The number of amides is 2. The van der Waals surface area contributed by atoms with Crippen molar-refractivity contribution < 1.29 is 18.0 Å². The Bertz CT molecular complexity index is 1400. The maximum absolute atomic E-state index is 13.8. The number of hydrogen-bond acceptors (Lipinski definition) is 4. The zero-order valence-electron chi connectivity index (χ0n) is 22.3. The van der Waals surface area contributed by atoms with Crippen molar-refractivity contribution in [1.82, 2.24) is 10.2 Å². The number of nitrogens with zero attached hydrogens (tertiary/aromatic N) is 2. The second-order valence-corrected chi connectivity index (χ2v) is 12.4. The molecule has 3 aromatic rings. The summed E-state index contributed by atoms with van der Waals surface area (Å²) in [6.45, 7) is 2.26. The fourth-order valence-electron chi connectivity index (χ4n) is 4.33. The maximum atomic E-state index is 13.8. The van der Waals surface area contributed by atoms with Gasteiger partial charge in [0.15, 0.2) is 0 Å². The molecular weight excluding hydrogens is 593 g/mol. The van der Waals surface area contributed by atoms with E-state index in [1.54, 1.807) is 42.5 Å². The zero-order valence-corrected chi connectivity index (χ0v) is 25.4. The number of carbonyl (C=O) groups is 2. The molecule has 0 aliphatic carbocycles. The molecule has 7 nitrogen and oxygen atoms in total. The van der Waals surface area contributed by atoms with Gasteiger partial charge in [-0.25, -0.2) is 8.42 Å². The first-order valence-corrected chi connectivity index (χ1v) is 15.8. The van der Waals surface area contributed by atoms with Gasteiger partial charge in [-0.1, -0.05) is 77.3 Å². The van der Waals surface area contributed by atoms with Crippen LogP contribution in [-0.2, 0) is 32.6 Å². The Kier molecular flexibility index (Phi) is 11.7. The van der Waals surface area contributed by atoms with Gasteiger partial charge >= 0.3 is 0 Å². The highest BCUT2D eigenvalue weighted by atomic mass is 35.5. The summed E-state index contributed by atoms with van der Waals surface area (Å²) in [5.74, 6) is -0.637. The highest BCUT2D eigenvalue weighted by molar-refractivity contribution is 7.92. The summed E-state index contributed by atoms with van der Waals surface area (Å²) in [5, 5.41) is 3.99. The number of hydrogen-bond donors (Lipinski definition) is 1. The molecule has 2 amide bonds. The van der Waals surface area contributed by atoms with Crippen LogP contribution in [-0.4, -0.2) is 50.5 Å². The van der Waals surface area contributed by atoms with Crippen LogP contribution >= 0.6 is 34.8 Å². The lowest BCUT2D eigenvalue weighted by atomic mass is 10.0. The second-order valence-electron chi connectivity index (χ2n) is 9.24. The van der Waals surface area contributed by atoms with Crippen molar-refractivity contribution in [2.24, 2.45) is 0 Å². The summed E-state index contributed by atoms with van der Waals surface area (Å²) in [6, 6.07) is 20.2. The van der Waals surface area contributed by atoms with E-state index in [4.69, 9.17) is 34.8 Å². The van der Waals surface area contributed by atoms with Crippen LogP contribution in [0.25, 0.3) is 0 Å². The van der Waals surface area contributed by atoms with E-state index >= 15 is 0 Å². The zero-order chi connectivity index (χ0) is 29.3. The molecule has 0 radical (unpaired) electrons. The van der Waals surface area contributed by atoms with Crippen LogP contribution in [0.1, 0.15) is 30.9 Å². The summed E-state index contributed by atoms with van der Waals surface area (Å²) >= 11 is 19.0. The van der Waals surface area contributed by atoms with E-state index in [0.29, 0.717) is 32.9 Å². The monoisotopic (exact) mass is 623 g/mol. The summed E-state index contributed by atoms with van der Waals surface area (Å²) in [6.07, 6.45) is 1.57. The van der Waals surface area contributed by atoms with Gasteiger partial charge in [-0.2, -0.15) is 0 Å². The van der Waals surface area contributed by atoms with Crippen LogP contribution in [0.4, 0.5) is 5.69 Å². The van der Waals surface area contributed by atoms with E-state index in [1.807, 2.05) is 37.3 Å². The van der Waals surface area contributed by atoms with Crippen molar-refractivity contribution in [2.75, 3.05) is 23.7 Å². The molecule has 1 atom stereocenters. The third-order valence-corrected chi connectivity index (χ3v) is 8.40. The molecule has 0 fully saturated rings. The first-order valence-electron chi connectivity index (χ1n) is 12.8. The largest absolute Gasteiger partial charge is 0.355 e. The number of rotatable bonds is 13. The van der Waals surface area contributed by atoms with Crippen LogP contribution in [0, 0.1) is 0 Å². The van der Waals surface area contributed by atoms with Gasteiger partial charge < -0.3 is 10.2 Å². The molecule has 11 heteroatoms. The van der Waals surface area contributed by atoms with Gasteiger partial charge in [0.2, 0.25) is 21.8 Å². The van der Waals surface area contributed by atoms with Crippen molar-refractivity contribution >= 4 is 62.3 Å². The van der Waals surface area contributed by atoms with Gasteiger partial charge in [-0.05, 0) is 49.2 Å². The number of nitrogens with one attached hydrogen (secondary N) is 1. The smallest absolute Gasteiger partial charge is 0.243 e. The van der Waals surface area contributed by atoms with E-state index in [9.17, 15) is 18.0 Å². The molecule has 0 aromatic heterocycles. The fraction of sp³-hybridized carbons (Fsp3) is 0.310. The van der Waals surface area contributed by atoms with Gasteiger partial charge in [-0.15, -0.1) is 0 Å². The van der Waals surface area contributed by atoms with Gasteiger partial charge in [0, 0.05) is 53.1 Å². The minimum atomic E-state index is -3.64. The number of likely N-dealkylation sites (N-methyl/N-ethyl adjacent to an activating group) is 1. The van der Waals surface area contributed by atoms with Crippen LogP contribution in [0.5, 0.6) is 0 Å². The topological polar surface area (TPSA) is 86.8 Å². The molecule has 40 heavy (non-hydrogen) atoms. The fourth-order valence-corrected chi connectivity index (χ4v) is 5.99. The van der Waals surface area contributed by atoms with E-state index in [0.717, 1.165) is 11.8 Å². The molecule has 1 N–H and O–H groups in total. The third-order valence-electron chi connectivity index (χ3n) is 6.26.